The average molecular weight is 361 g/mol. The zero-order chi connectivity index (χ0) is 19.1. The van der Waals surface area contributed by atoms with Crippen molar-refractivity contribution in [1.29, 1.82) is 0 Å². The molecule has 1 aromatic carbocycles. The number of carbonyl (C=O) groups is 2. The molecule has 0 bridgehead atoms. The third-order valence-corrected chi connectivity index (χ3v) is 4.19. The molecule has 1 atom stereocenters. The fourth-order valence-corrected chi connectivity index (χ4v) is 2.95. The van der Waals surface area contributed by atoms with E-state index in [1.165, 1.54) is 0 Å². The van der Waals surface area contributed by atoms with E-state index >= 15 is 0 Å². The summed E-state index contributed by atoms with van der Waals surface area (Å²) in [5.74, 6) is 0.416. The van der Waals surface area contributed by atoms with E-state index in [4.69, 9.17) is 9.47 Å². The van der Waals surface area contributed by atoms with Gasteiger partial charge in [0, 0.05) is 18.8 Å². The van der Waals surface area contributed by atoms with Gasteiger partial charge in [-0.25, -0.2) is 9.59 Å². The normalized spacial score (nSPS) is 17.0. The summed E-state index contributed by atoms with van der Waals surface area (Å²) in [6, 6.07) is 7.17. The van der Waals surface area contributed by atoms with Crippen molar-refractivity contribution in [2.45, 2.75) is 32.9 Å². The first-order valence-corrected chi connectivity index (χ1v) is 8.77. The largest absolute Gasteiger partial charge is 0.497 e. The van der Waals surface area contributed by atoms with Crippen LogP contribution >= 0.6 is 0 Å². The number of carbonyl (C=O) groups excluding carboxylic acids is 2. The van der Waals surface area contributed by atoms with Gasteiger partial charge in [0.15, 0.2) is 0 Å². The fraction of sp³-hybridized carbons (Fsp3) is 0.474. The van der Waals surface area contributed by atoms with Gasteiger partial charge in [0.1, 0.15) is 5.75 Å². The van der Waals surface area contributed by atoms with Crippen LogP contribution in [0, 0.1) is 0 Å². The summed E-state index contributed by atoms with van der Waals surface area (Å²) in [7, 11) is 3.57. The first kappa shape index (κ1) is 19.8. The Bertz CT molecular complexity index is 670. The van der Waals surface area contributed by atoms with Crippen molar-refractivity contribution in [1.82, 2.24) is 15.5 Å². The molecule has 2 amide bonds. The van der Waals surface area contributed by atoms with Gasteiger partial charge in [-0.3, -0.25) is 4.90 Å². The van der Waals surface area contributed by atoms with Crippen molar-refractivity contribution in [3.63, 3.8) is 0 Å². The second-order valence-electron chi connectivity index (χ2n) is 6.19. The molecule has 2 N–H and O–H groups in total. The molecule has 0 radical (unpaired) electrons. The molecule has 0 aliphatic carbocycles. The van der Waals surface area contributed by atoms with E-state index in [0.29, 0.717) is 37.4 Å². The minimum absolute atomic E-state index is 0.293. The van der Waals surface area contributed by atoms with Crippen LogP contribution in [0.5, 0.6) is 5.75 Å². The molecule has 1 aromatic rings. The first-order chi connectivity index (χ1) is 12.5. The molecule has 26 heavy (non-hydrogen) atoms. The molecule has 0 saturated heterocycles. The molecule has 1 heterocycles. The van der Waals surface area contributed by atoms with Crippen molar-refractivity contribution < 1.29 is 19.1 Å². The van der Waals surface area contributed by atoms with Crippen molar-refractivity contribution in [3.8, 4) is 5.75 Å². The average Bonchev–Trinajstić information content (AvgIpc) is 2.61. The van der Waals surface area contributed by atoms with E-state index < -0.39 is 0 Å². The van der Waals surface area contributed by atoms with Gasteiger partial charge in [0.25, 0.3) is 0 Å². The lowest BCUT2D eigenvalue weighted by molar-refractivity contribution is -0.139. The second-order valence-corrected chi connectivity index (χ2v) is 6.19. The van der Waals surface area contributed by atoms with Crippen molar-refractivity contribution >= 4 is 12.0 Å². The Morgan fingerprint density at radius 3 is 2.46 bits per heavy atom. The monoisotopic (exact) mass is 361 g/mol. The SMILES string of the molecule is CCOC(=O)C1=C(CN(C)Cc2ccc(OC)cc2)NC(=O)N[C@H]1CC. The predicted octanol–water partition coefficient (Wildman–Crippen LogP) is 2.04. The Labute approximate surface area is 154 Å². The Kier molecular flexibility index (Phi) is 7.03. The highest BCUT2D eigenvalue weighted by atomic mass is 16.5. The zero-order valence-electron chi connectivity index (χ0n) is 15.8. The maximum Gasteiger partial charge on any atom is 0.337 e. The van der Waals surface area contributed by atoms with Crippen LogP contribution in [-0.2, 0) is 16.1 Å². The van der Waals surface area contributed by atoms with Crippen molar-refractivity contribution in [2.24, 2.45) is 0 Å². The molecule has 0 unspecified atom stereocenters. The summed E-state index contributed by atoms with van der Waals surface area (Å²) >= 11 is 0. The van der Waals surface area contributed by atoms with Crippen LogP contribution < -0.4 is 15.4 Å². The molecule has 1 aliphatic heterocycles. The molecule has 0 spiro atoms. The molecule has 1 aliphatic rings. The maximum absolute atomic E-state index is 12.4. The third kappa shape index (κ3) is 4.98. The van der Waals surface area contributed by atoms with Gasteiger partial charge < -0.3 is 20.1 Å². The van der Waals surface area contributed by atoms with Crippen LogP contribution in [0.15, 0.2) is 35.5 Å². The van der Waals surface area contributed by atoms with Crippen LogP contribution in [0.3, 0.4) is 0 Å². The van der Waals surface area contributed by atoms with E-state index in [-0.39, 0.29) is 18.0 Å². The van der Waals surface area contributed by atoms with E-state index in [0.717, 1.165) is 11.3 Å². The predicted molar refractivity (Wildman–Crippen MR) is 98.7 cm³/mol. The lowest BCUT2D eigenvalue weighted by atomic mass is 10.00. The number of nitrogens with zero attached hydrogens (tertiary/aromatic N) is 1. The quantitative estimate of drug-likeness (QED) is 0.693. The van der Waals surface area contributed by atoms with E-state index in [1.807, 2.05) is 43.1 Å². The number of hydrogen-bond donors (Lipinski definition) is 2. The minimum atomic E-state index is -0.389. The maximum atomic E-state index is 12.4. The number of benzene rings is 1. The van der Waals surface area contributed by atoms with Gasteiger partial charge in [-0.2, -0.15) is 0 Å². The lowest BCUT2D eigenvalue weighted by Crippen LogP contribution is -2.51. The number of rotatable bonds is 8. The third-order valence-electron chi connectivity index (χ3n) is 4.19. The van der Waals surface area contributed by atoms with Crippen LogP contribution in [0.1, 0.15) is 25.8 Å². The van der Waals surface area contributed by atoms with E-state index in [1.54, 1.807) is 14.0 Å². The molecule has 2 rings (SSSR count). The van der Waals surface area contributed by atoms with Crippen molar-refractivity contribution in [2.75, 3.05) is 27.3 Å². The number of hydrogen-bond acceptors (Lipinski definition) is 5. The summed E-state index contributed by atoms with van der Waals surface area (Å²) in [4.78, 5) is 26.4. The van der Waals surface area contributed by atoms with Crippen LogP contribution in [0.4, 0.5) is 4.79 Å². The van der Waals surface area contributed by atoms with Crippen LogP contribution in [-0.4, -0.2) is 50.3 Å². The highest BCUT2D eigenvalue weighted by Crippen LogP contribution is 2.19. The van der Waals surface area contributed by atoms with Crippen LogP contribution in [0.25, 0.3) is 0 Å². The van der Waals surface area contributed by atoms with Gasteiger partial charge in [-0.1, -0.05) is 19.1 Å². The molecule has 7 heteroatoms. The molecule has 0 aromatic heterocycles. The van der Waals surface area contributed by atoms with Gasteiger partial charge >= 0.3 is 12.0 Å². The number of ether oxygens (including phenoxy) is 2. The number of methoxy groups -OCH3 is 1. The molecular weight excluding hydrogens is 334 g/mol. The summed E-state index contributed by atoms with van der Waals surface area (Å²) in [6.07, 6.45) is 0.618. The van der Waals surface area contributed by atoms with Crippen molar-refractivity contribution in [3.05, 3.63) is 41.1 Å². The molecular formula is C19H27N3O4. The van der Waals surface area contributed by atoms with Gasteiger partial charge in [0.05, 0.1) is 25.3 Å². The Balaban J connectivity index is 2.17. The molecule has 0 saturated carbocycles. The Hall–Kier alpha value is -2.54. The number of likely N-dealkylation sites (N-methyl/N-ethyl adjacent to an activating group) is 1. The van der Waals surface area contributed by atoms with E-state index in [2.05, 4.69) is 10.6 Å². The molecule has 142 valence electrons. The summed E-state index contributed by atoms with van der Waals surface area (Å²) in [6.45, 7) is 5.09. The lowest BCUT2D eigenvalue weighted by Gasteiger charge is -2.30. The smallest absolute Gasteiger partial charge is 0.337 e. The summed E-state index contributed by atoms with van der Waals surface area (Å²) < 4.78 is 10.4. The van der Waals surface area contributed by atoms with E-state index in [9.17, 15) is 9.59 Å². The number of nitrogens with one attached hydrogen (secondary N) is 2. The fourth-order valence-electron chi connectivity index (χ4n) is 2.95. The Morgan fingerprint density at radius 1 is 1.19 bits per heavy atom. The van der Waals surface area contributed by atoms with Gasteiger partial charge in [-0.05, 0) is 38.1 Å². The second kappa shape index (κ2) is 9.24. The first-order valence-electron chi connectivity index (χ1n) is 8.77. The minimum Gasteiger partial charge on any atom is -0.497 e. The summed E-state index contributed by atoms with van der Waals surface area (Å²) in [5.41, 5.74) is 2.20. The standard InChI is InChI=1S/C19H27N3O4/c1-5-15-17(18(23)26-6-2)16(21-19(24)20-15)12-22(3)11-13-7-9-14(25-4)10-8-13/h7-10,15H,5-6,11-12H2,1-4H3,(H2,20,21,24)/t15-/m0/s1. The number of esters is 1. The molecule has 7 nitrogen and oxygen atoms in total. The number of urea groups is 1. The van der Waals surface area contributed by atoms with Crippen LogP contribution in [0.2, 0.25) is 0 Å². The molecule has 0 fully saturated rings. The summed E-state index contributed by atoms with van der Waals surface area (Å²) in [5, 5.41) is 5.55. The highest BCUT2D eigenvalue weighted by Gasteiger charge is 2.31. The van der Waals surface area contributed by atoms with Gasteiger partial charge in [0.2, 0.25) is 0 Å². The topological polar surface area (TPSA) is 79.9 Å². The highest BCUT2D eigenvalue weighted by molar-refractivity contribution is 5.94. The van der Waals surface area contributed by atoms with Gasteiger partial charge in [-0.15, -0.1) is 0 Å². The zero-order valence-corrected chi connectivity index (χ0v) is 15.8. The Morgan fingerprint density at radius 2 is 1.88 bits per heavy atom. The number of amides is 2.